The van der Waals surface area contributed by atoms with Gasteiger partial charge in [0.05, 0.1) is 30.2 Å². The predicted molar refractivity (Wildman–Crippen MR) is 93.3 cm³/mol. The summed E-state index contributed by atoms with van der Waals surface area (Å²) in [6.45, 7) is 6.12. The summed E-state index contributed by atoms with van der Waals surface area (Å²) in [4.78, 5) is 0. The van der Waals surface area contributed by atoms with Gasteiger partial charge < -0.3 is 9.47 Å². The van der Waals surface area contributed by atoms with E-state index in [0.29, 0.717) is 25.2 Å². The molecule has 1 N–H and O–H groups in total. The lowest BCUT2D eigenvalue weighted by molar-refractivity contribution is -0.298. The van der Waals surface area contributed by atoms with Crippen molar-refractivity contribution < 1.29 is 9.47 Å². The molecule has 0 amide bonds. The summed E-state index contributed by atoms with van der Waals surface area (Å²) in [6, 6.07) is 6.48. The Balaban J connectivity index is 2.16. The van der Waals surface area contributed by atoms with Gasteiger partial charge in [0.15, 0.2) is 10.8 Å². The van der Waals surface area contributed by atoms with Crippen molar-refractivity contribution in [1.29, 1.82) is 21.2 Å². The van der Waals surface area contributed by atoms with E-state index in [1.165, 1.54) is 0 Å². The quantitative estimate of drug-likeness (QED) is 0.822. The van der Waals surface area contributed by atoms with Crippen LogP contribution in [-0.4, -0.2) is 17.8 Å². The normalized spacial score (nSPS) is 40.0. The average molecular weight is 354 g/mol. The smallest absolute Gasteiger partial charge is 0.217 e. The minimum Gasteiger partial charge on any atom is -0.447 e. The van der Waals surface area contributed by atoms with E-state index in [1.54, 1.807) is 0 Å². The molecule has 2 saturated heterocycles. The molecule has 3 aliphatic rings. The monoisotopic (exact) mass is 354 g/mol. The van der Waals surface area contributed by atoms with Crippen molar-refractivity contribution in [2.75, 3.05) is 0 Å². The highest BCUT2D eigenvalue weighted by Crippen LogP contribution is 2.67. The zero-order chi connectivity index (χ0) is 19.2. The van der Waals surface area contributed by atoms with E-state index < -0.39 is 28.6 Å². The number of ether oxygens (including phenoxy) is 2. The van der Waals surface area contributed by atoms with Gasteiger partial charge in [-0.1, -0.05) is 33.6 Å². The number of nitriles is 3. The number of hydrogen-bond acceptors (Lipinski definition) is 6. The largest absolute Gasteiger partial charge is 0.447 e. The second-order valence-electron chi connectivity index (χ2n) is 8.41. The van der Waals surface area contributed by atoms with Gasteiger partial charge in [-0.15, -0.1) is 0 Å². The van der Waals surface area contributed by atoms with Crippen LogP contribution in [0.3, 0.4) is 0 Å². The van der Waals surface area contributed by atoms with Crippen LogP contribution in [0.2, 0.25) is 0 Å². The van der Waals surface area contributed by atoms with E-state index in [0.717, 1.165) is 19.3 Å². The van der Waals surface area contributed by atoms with E-state index in [9.17, 15) is 15.8 Å². The van der Waals surface area contributed by atoms with E-state index >= 15 is 0 Å². The maximum atomic E-state index is 10.2. The standard InChI is InChI=1S/C20H26N4O2/c1-4-5-14-6-7-20-15(9-14)19(12-23,17(24)26-20)18(10-21,11-22)16(25-20)8-13(2)3/h13-16,24H,4-9H2,1-3H3. The molecule has 0 aromatic heterocycles. The Morgan fingerprint density at radius 3 is 2.46 bits per heavy atom. The van der Waals surface area contributed by atoms with Crippen molar-refractivity contribution in [3.63, 3.8) is 0 Å². The maximum Gasteiger partial charge on any atom is 0.217 e. The fourth-order valence-electron chi connectivity index (χ4n) is 5.34. The molecule has 0 aromatic carbocycles. The molecule has 0 aromatic rings. The zero-order valence-electron chi connectivity index (χ0n) is 15.7. The molecule has 3 fully saturated rings. The van der Waals surface area contributed by atoms with Crippen LogP contribution in [0.5, 0.6) is 0 Å². The molecule has 2 heterocycles. The third-order valence-electron chi connectivity index (χ3n) is 6.51. The molecule has 1 aliphatic carbocycles. The van der Waals surface area contributed by atoms with Crippen molar-refractivity contribution in [1.82, 2.24) is 0 Å². The fourth-order valence-corrected chi connectivity index (χ4v) is 5.34. The summed E-state index contributed by atoms with van der Waals surface area (Å²) in [6.07, 6.45) is 4.00. The van der Waals surface area contributed by atoms with Gasteiger partial charge in [0, 0.05) is 6.42 Å². The zero-order valence-corrected chi connectivity index (χ0v) is 15.7. The molecule has 26 heavy (non-hydrogen) atoms. The van der Waals surface area contributed by atoms with Crippen LogP contribution in [0.1, 0.15) is 59.3 Å². The van der Waals surface area contributed by atoms with Crippen LogP contribution in [0.15, 0.2) is 0 Å². The van der Waals surface area contributed by atoms with Crippen molar-refractivity contribution in [2.45, 2.75) is 71.2 Å². The summed E-state index contributed by atoms with van der Waals surface area (Å²) in [7, 11) is 0. The molecule has 1 saturated carbocycles. The molecule has 6 heteroatoms. The molecule has 0 radical (unpaired) electrons. The first-order chi connectivity index (χ1) is 12.4. The van der Waals surface area contributed by atoms with Gasteiger partial charge >= 0.3 is 0 Å². The first-order valence-electron chi connectivity index (χ1n) is 9.55. The lowest BCUT2D eigenvalue weighted by Crippen LogP contribution is -2.64. The molecule has 3 rings (SSSR count). The third-order valence-corrected chi connectivity index (χ3v) is 6.51. The van der Waals surface area contributed by atoms with Crippen molar-refractivity contribution >= 4 is 5.90 Å². The van der Waals surface area contributed by atoms with Gasteiger partial charge in [0.25, 0.3) is 0 Å². The lowest BCUT2D eigenvalue weighted by Gasteiger charge is -2.53. The van der Waals surface area contributed by atoms with Crippen LogP contribution >= 0.6 is 0 Å². The van der Waals surface area contributed by atoms with Crippen LogP contribution in [0.4, 0.5) is 0 Å². The Morgan fingerprint density at radius 1 is 1.23 bits per heavy atom. The Kier molecular flexibility index (Phi) is 4.50. The minimum atomic E-state index is -1.72. The second-order valence-corrected chi connectivity index (χ2v) is 8.41. The molecule has 138 valence electrons. The Hall–Kier alpha value is -2.10. The lowest BCUT2D eigenvalue weighted by atomic mass is 9.50. The Bertz CT molecular complexity index is 714. The molecular formula is C20H26N4O2. The van der Waals surface area contributed by atoms with Gasteiger partial charge in [0.1, 0.15) is 0 Å². The topological polar surface area (TPSA) is 114 Å². The first-order valence-corrected chi connectivity index (χ1v) is 9.55. The number of hydrogen-bond donors (Lipinski definition) is 1. The third kappa shape index (κ3) is 2.14. The molecule has 2 aliphatic heterocycles. The van der Waals surface area contributed by atoms with Gasteiger partial charge in [-0.25, -0.2) is 0 Å². The van der Waals surface area contributed by atoms with Gasteiger partial charge in [-0.2, -0.15) is 15.8 Å². The van der Waals surface area contributed by atoms with E-state index in [-0.39, 0.29) is 11.8 Å². The highest BCUT2D eigenvalue weighted by Gasteiger charge is 2.80. The van der Waals surface area contributed by atoms with Crippen molar-refractivity contribution in [3.8, 4) is 18.2 Å². The summed E-state index contributed by atoms with van der Waals surface area (Å²) in [5, 5.41) is 38.8. The van der Waals surface area contributed by atoms with Crippen LogP contribution < -0.4 is 0 Å². The summed E-state index contributed by atoms with van der Waals surface area (Å²) < 4.78 is 12.2. The van der Waals surface area contributed by atoms with E-state index in [1.807, 2.05) is 13.8 Å². The Labute approximate surface area is 155 Å². The van der Waals surface area contributed by atoms with Crippen LogP contribution in [-0.2, 0) is 9.47 Å². The maximum absolute atomic E-state index is 10.2. The predicted octanol–water partition coefficient (Wildman–Crippen LogP) is 3.90. The first kappa shape index (κ1) is 18.7. The Morgan fingerprint density at radius 2 is 1.92 bits per heavy atom. The minimum absolute atomic E-state index is 0.190. The van der Waals surface area contributed by atoms with E-state index in [4.69, 9.17) is 14.9 Å². The molecule has 5 atom stereocenters. The average Bonchev–Trinajstić information content (AvgIpc) is 2.80. The highest BCUT2D eigenvalue weighted by atomic mass is 16.7. The van der Waals surface area contributed by atoms with Gasteiger partial charge in [0.2, 0.25) is 11.7 Å². The van der Waals surface area contributed by atoms with Crippen LogP contribution in [0, 0.1) is 68.0 Å². The summed E-state index contributed by atoms with van der Waals surface area (Å²) >= 11 is 0. The van der Waals surface area contributed by atoms with Gasteiger partial charge in [-0.3, -0.25) is 5.41 Å². The molecule has 0 spiro atoms. The highest BCUT2D eigenvalue weighted by molar-refractivity contribution is 5.89. The summed E-state index contributed by atoms with van der Waals surface area (Å²) in [5.41, 5.74) is -3.28. The molecule has 2 bridgehead atoms. The molecule has 5 unspecified atom stereocenters. The van der Waals surface area contributed by atoms with Gasteiger partial charge in [-0.05, 0) is 31.1 Å². The second kappa shape index (κ2) is 6.26. The fraction of sp³-hybridized carbons (Fsp3) is 0.800. The summed E-state index contributed by atoms with van der Waals surface area (Å²) in [5.74, 6) is -1.14. The molecule has 6 nitrogen and oxygen atoms in total. The number of nitrogens with zero attached hydrogens (tertiary/aromatic N) is 3. The van der Waals surface area contributed by atoms with E-state index in [2.05, 4.69) is 25.1 Å². The van der Waals surface area contributed by atoms with Crippen molar-refractivity contribution in [3.05, 3.63) is 0 Å². The van der Waals surface area contributed by atoms with Crippen molar-refractivity contribution in [2.24, 2.45) is 28.6 Å². The SMILES string of the molecule is CCCC1CCC23OC(=N)C(C#N)(C2C1)C(C#N)(C#N)C(CC(C)C)O3. The number of rotatable bonds is 4. The number of nitrogens with one attached hydrogen (secondary N) is 1. The van der Waals surface area contributed by atoms with Crippen LogP contribution in [0.25, 0.3) is 0 Å². The molecular weight excluding hydrogens is 328 g/mol.